The van der Waals surface area contributed by atoms with Crippen molar-refractivity contribution in [2.75, 3.05) is 7.05 Å². The molecule has 0 heterocycles. The molecule has 0 aliphatic carbocycles. The first kappa shape index (κ1) is 21.1. The average molecular weight is 369 g/mol. The number of carbonyl (C=O) groups excluding carboxylic acids is 1. The van der Waals surface area contributed by atoms with Gasteiger partial charge in [-0.05, 0) is 30.2 Å². The fraction of sp³-hybridized carbons (Fsp3) is 0.316. The van der Waals surface area contributed by atoms with E-state index in [4.69, 9.17) is 5.73 Å². The van der Waals surface area contributed by atoms with Crippen LogP contribution in [0.4, 0.5) is 8.78 Å². The number of benzene rings is 2. The third-order valence-corrected chi connectivity index (χ3v) is 4.47. The van der Waals surface area contributed by atoms with Crippen LogP contribution in [-0.2, 0) is 4.79 Å². The molecule has 25 heavy (non-hydrogen) atoms. The molecule has 0 bridgehead atoms. The number of amides is 1. The summed E-state index contributed by atoms with van der Waals surface area (Å²) in [7, 11) is 1.64. The summed E-state index contributed by atoms with van der Waals surface area (Å²) in [5, 5.41) is 0. The van der Waals surface area contributed by atoms with E-state index in [1.165, 1.54) is 11.0 Å². The van der Waals surface area contributed by atoms with Crippen molar-refractivity contribution in [3.63, 3.8) is 0 Å². The first-order chi connectivity index (χ1) is 11.3. The summed E-state index contributed by atoms with van der Waals surface area (Å²) in [6.07, 6.45) is 0. The molecule has 0 radical (unpaired) electrons. The van der Waals surface area contributed by atoms with Crippen molar-refractivity contribution in [1.29, 1.82) is 0 Å². The number of carbonyl (C=O) groups is 1. The molecule has 0 aliphatic heterocycles. The predicted octanol–water partition coefficient (Wildman–Crippen LogP) is 4.24. The van der Waals surface area contributed by atoms with Crippen molar-refractivity contribution in [1.82, 2.24) is 4.90 Å². The number of nitrogens with zero attached hydrogens (tertiary/aromatic N) is 1. The number of hydrogen-bond acceptors (Lipinski definition) is 2. The Balaban J connectivity index is 0.00000312. The molecule has 1 amide bonds. The molecule has 2 rings (SSSR count). The Hall–Kier alpha value is -1.98. The Morgan fingerprint density at radius 3 is 2.16 bits per heavy atom. The molecule has 6 heteroatoms. The van der Waals surface area contributed by atoms with Gasteiger partial charge in [-0.1, -0.05) is 43.3 Å². The van der Waals surface area contributed by atoms with E-state index in [0.717, 1.165) is 17.7 Å². The van der Waals surface area contributed by atoms with Gasteiger partial charge in [-0.25, -0.2) is 8.78 Å². The van der Waals surface area contributed by atoms with Gasteiger partial charge in [-0.3, -0.25) is 4.79 Å². The van der Waals surface area contributed by atoms with E-state index in [0.29, 0.717) is 5.56 Å². The molecule has 3 nitrogen and oxygen atoms in total. The van der Waals surface area contributed by atoms with Gasteiger partial charge in [0.05, 0.1) is 12.0 Å². The van der Waals surface area contributed by atoms with Crippen molar-refractivity contribution >= 4 is 18.3 Å². The van der Waals surface area contributed by atoms with Crippen LogP contribution in [0, 0.1) is 17.6 Å². The summed E-state index contributed by atoms with van der Waals surface area (Å²) in [6, 6.07) is 12.2. The van der Waals surface area contributed by atoms with Gasteiger partial charge in [0.25, 0.3) is 0 Å². The lowest BCUT2D eigenvalue weighted by atomic mass is 9.93. The van der Waals surface area contributed by atoms with Crippen LogP contribution in [0.3, 0.4) is 0 Å². The molecule has 136 valence electrons. The van der Waals surface area contributed by atoms with Gasteiger partial charge < -0.3 is 10.6 Å². The Bertz CT molecular complexity index is 712. The topological polar surface area (TPSA) is 46.3 Å². The Labute approximate surface area is 153 Å². The molecular weight excluding hydrogens is 346 g/mol. The van der Waals surface area contributed by atoms with Crippen LogP contribution in [0.2, 0.25) is 0 Å². The summed E-state index contributed by atoms with van der Waals surface area (Å²) in [5.74, 6) is -2.41. The zero-order chi connectivity index (χ0) is 17.9. The monoisotopic (exact) mass is 368 g/mol. The zero-order valence-corrected chi connectivity index (χ0v) is 15.3. The minimum absolute atomic E-state index is 0. The first-order valence-electron chi connectivity index (χ1n) is 7.85. The molecule has 0 saturated heterocycles. The molecular formula is C19H23ClF2N2O. The molecule has 0 aromatic heterocycles. The van der Waals surface area contributed by atoms with Crippen LogP contribution in [0.1, 0.15) is 37.1 Å². The molecule has 0 spiro atoms. The van der Waals surface area contributed by atoms with E-state index in [2.05, 4.69) is 0 Å². The predicted molar refractivity (Wildman–Crippen MR) is 97.3 cm³/mol. The number of halogens is 3. The van der Waals surface area contributed by atoms with Gasteiger partial charge in [-0.15, -0.1) is 12.4 Å². The van der Waals surface area contributed by atoms with Crippen LogP contribution in [0.25, 0.3) is 0 Å². The lowest BCUT2D eigenvalue weighted by Gasteiger charge is -2.30. The van der Waals surface area contributed by atoms with Gasteiger partial charge in [0, 0.05) is 13.1 Å². The van der Waals surface area contributed by atoms with E-state index in [1.54, 1.807) is 20.9 Å². The molecule has 3 atom stereocenters. The van der Waals surface area contributed by atoms with E-state index in [-0.39, 0.29) is 18.3 Å². The second-order valence-electron chi connectivity index (χ2n) is 6.02. The SMILES string of the molecule is CC(C(=O)N(C)C(C)c1ccc(F)c(F)c1)C(N)c1ccccc1.Cl. The van der Waals surface area contributed by atoms with Crippen LogP contribution >= 0.6 is 12.4 Å². The fourth-order valence-electron chi connectivity index (χ4n) is 2.63. The summed E-state index contributed by atoms with van der Waals surface area (Å²) in [5.41, 5.74) is 7.62. The van der Waals surface area contributed by atoms with E-state index in [1.807, 2.05) is 30.3 Å². The summed E-state index contributed by atoms with van der Waals surface area (Å²) < 4.78 is 26.5. The number of nitrogens with two attached hydrogens (primary N) is 1. The molecule has 0 saturated carbocycles. The summed E-state index contributed by atoms with van der Waals surface area (Å²) >= 11 is 0. The third-order valence-electron chi connectivity index (χ3n) is 4.47. The highest BCUT2D eigenvalue weighted by atomic mass is 35.5. The van der Waals surface area contributed by atoms with E-state index >= 15 is 0 Å². The Morgan fingerprint density at radius 1 is 1.00 bits per heavy atom. The van der Waals surface area contributed by atoms with Crippen LogP contribution in [-0.4, -0.2) is 17.9 Å². The fourth-order valence-corrected chi connectivity index (χ4v) is 2.63. The van der Waals surface area contributed by atoms with Crippen LogP contribution in [0.5, 0.6) is 0 Å². The van der Waals surface area contributed by atoms with Crippen molar-refractivity contribution < 1.29 is 13.6 Å². The van der Waals surface area contributed by atoms with Crippen molar-refractivity contribution in [3.8, 4) is 0 Å². The lowest BCUT2D eigenvalue weighted by molar-refractivity contribution is -0.136. The van der Waals surface area contributed by atoms with E-state index < -0.39 is 29.6 Å². The highest BCUT2D eigenvalue weighted by Gasteiger charge is 2.28. The third kappa shape index (κ3) is 4.77. The van der Waals surface area contributed by atoms with Gasteiger partial charge in [0.1, 0.15) is 0 Å². The maximum atomic E-state index is 13.4. The van der Waals surface area contributed by atoms with Gasteiger partial charge >= 0.3 is 0 Å². The molecule has 2 aromatic carbocycles. The summed E-state index contributed by atoms with van der Waals surface area (Å²) in [6.45, 7) is 3.54. The van der Waals surface area contributed by atoms with E-state index in [9.17, 15) is 13.6 Å². The first-order valence-corrected chi connectivity index (χ1v) is 7.85. The van der Waals surface area contributed by atoms with Crippen LogP contribution < -0.4 is 5.73 Å². The summed E-state index contributed by atoms with van der Waals surface area (Å²) in [4.78, 5) is 14.2. The van der Waals surface area contributed by atoms with Crippen molar-refractivity contribution in [2.45, 2.75) is 25.9 Å². The maximum absolute atomic E-state index is 13.4. The average Bonchev–Trinajstić information content (AvgIpc) is 2.61. The van der Waals surface area contributed by atoms with Gasteiger partial charge in [-0.2, -0.15) is 0 Å². The zero-order valence-electron chi connectivity index (χ0n) is 14.4. The van der Waals surface area contributed by atoms with Crippen LogP contribution in [0.15, 0.2) is 48.5 Å². The second kappa shape index (κ2) is 8.92. The Morgan fingerprint density at radius 2 is 1.60 bits per heavy atom. The minimum atomic E-state index is -0.922. The number of hydrogen-bond donors (Lipinski definition) is 1. The smallest absolute Gasteiger partial charge is 0.227 e. The highest BCUT2D eigenvalue weighted by Crippen LogP contribution is 2.26. The molecule has 0 aliphatic rings. The molecule has 2 aromatic rings. The standard InChI is InChI=1S/C19H22F2N2O.ClH/c1-12(18(22)14-7-5-4-6-8-14)19(24)23(3)13(2)15-9-10-16(20)17(21)11-15;/h4-13,18H,22H2,1-3H3;1H. The highest BCUT2D eigenvalue weighted by molar-refractivity contribution is 5.85. The molecule has 3 unspecified atom stereocenters. The van der Waals surface area contributed by atoms with Gasteiger partial charge in [0.2, 0.25) is 5.91 Å². The normalized spacial score (nSPS) is 14.2. The molecule has 0 fully saturated rings. The minimum Gasteiger partial charge on any atom is -0.339 e. The molecule has 2 N–H and O–H groups in total. The van der Waals surface area contributed by atoms with Gasteiger partial charge in [0.15, 0.2) is 11.6 Å². The Kier molecular flexibility index (Phi) is 7.52. The quantitative estimate of drug-likeness (QED) is 0.857. The largest absolute Gasteiger partial charge is 0.339 e. The lowest BCUT2D eigenvalue weighted by Crippen LogP contribution is -2.38. The van der Waals surface area contributed by atoms with Crippen molar-refractivity contribution in [3.05, 3.63) is 71.3 Å². The van der Waals surface area contributed by atoms with Crippen molar-refractivity contribution in [2.24, 2.45) is 11.7 Å². The number of rotatable bonds is 5. The second-order valence-corrected chi connectivity index (χ2v) is 6.02. The maximum Gasteiger partial charge on any atom is 0.227 e.